The molecule has 0 aliphatic heterocycles. The lowest BCUT2D eigenvalue weighted by Crippen LogP contribution is -2.31. The van der Waals surface area contributed by atoms with Crippen LogP contribution in [0.5, 0.6) is 5.75 Å². The van der Waals surface area contributed by atoms with Crippen LogP contribution in [-0.2, 0) is 0 Å². The van der Waals surface area contributed by atoms with E-state index in [-0.39, 0.29) is 5.75 Å². The fourth-order valence-electron chi connectivity index (χ4n) is 2.02. The van der Waals surface area contributed by atoms with Crippen molar-refractivity contribution in [3.05, 3.63) is 12.4 Å². The molecule has 14 heavy (non-hydrogen) atoms. The molecular formula is C10H16N2O2. The number of hydrogen-bond acceptors (Lipinski definition) is 3. The third kappa shape index (κ3) is 1.90. The van der Waals surface area contributed by atoms with E-state index in [0.717, 1.165) is 25.7 Å². The molecule has 78 valence electrons. The molecule has 1 saturated carbocycles. The quantitative estimate of drug-likeness (QED) is 0.714. The Balaban J connectivity index is 2.02. The summed E-state index contributed by atoms with van der Waals surface area (Å²) in [6, 6.07) is 0.330. The molecule has 1 aliphatic carbocycles. The van der Waals surface area contributed by atoms with Crippen molar-refractivity contribution in [1.29, 1.82) is 0 Å². The molecule has 1 aromatic rings. The van der Waals surface area contributed by atoms with Crippen molar-refractivity contribution >= 4 is 0 Å². The van der Waals surface area contributed by atoms with Gasteiger partial charge < -0.3 is 10.2 Å². The number of aromatic hydroxyl groups is 1. The van der Waals surface area contributed by atoms with Gasteiger partial charge in [-0.1, -0.05) is 0 Å². The predicted molar refractivity (Wildman–Crippen MR) is 52.0 cm³/mol. The Morgan fingerprint density at radius 1 is 1.50 bits per heavy atom. The molecule has 2 rings (SSSR count). The molecular weight excluding hydrogens is 180 g/mol. The Morgan fingerprint density at radius 3 is 2.64 bits per heavy atom. The number of nitrogens with zero attached hydrogens (tertiary/aromatic N) is 2. The van der Waals surface area contributed by atoms with Gasteiger partial charge in [-0.3, -0.25) is 4.68 Å². The molecule has 0 saturated heterocycles. The molecule has 1 aromatic heterocycles. The first kappa shape index (κ1) is 9.52. The van der Waals surface area contributed by atoms with Gasteiger partial charge in [0.25, 0.3) is 0 Å². The Labute approximate surface area is 83.2 Å². The van der Waals surface area contributed by atoms with Gasteiger partial charge in [0.05, 0.1) is 24.0 Å². The third-order valence-electron chi connectivity index (χ3n) is 2.99. The first-order chi connectivity index (χ1) is 6.57. The Bertz CT molecular complexity index is 310. The van der Waals surface area contributed by atoms with Crippen LogP contribution < -0.4 is 0 Å². The van der Waals surface area contributed by atoms with E-state index in [1.807, 2.05) is 6.92 Å². The van der Waals surface area contributed by atoms with E-state index >= 15 is 0 Å². The van der Waals surface area contributed by atoms with Crippen molar-refractivity contribution in [2.75, 3.05) is 0 Å². The zero-order chi connectivity index (χ0) is 10.2. The molecule has 4 nitrogen and oxygen atoms in total. The second kappa shape index (κ2) is 3.28. The highest BCUT2D eigenvalue weighted by Crippen LogP contribution is 2.34. The van der Waals surface area contributed by atoms with Gasteiger partial charge in [-0.25, -0.2) is 0 Å². The Kier molecular flexibility index (Phi) is 2.23. The fourth-order valence-corrected chi connectivity index (χ4v) is 2.02. The largest absolute Gasteiger partial charge is 0.505 e. The van der Waals surface area contributed by atoms with Gasteiger partial charge in [0.15, 0.2) is 5.75 Å². The van der Waals surface area contributed by atoms with Crippen LogP contribution in [0.1, 0.15) is 38.6 Å². The molecule has 1 heterocycles. The minimum absolute atomic E-state index is 0.210. The van der Waals surface area contributed by atoms with Gasteiger partial charge in [-0.15, -0.1) is 0 Å². The zero-order valence-corrected chi connectivity index (χ0v) is 8.35. The summed E-state index contributed by atoms with van der Waals surface area (Å²) >= 11 is 0. The van der Waals surface area contributed by atoms with Crippen molar-refractivity contribution in [1.82, 2.24) is 9.78 Å². The zero-order valence-electron chi connectivity index (χ0n) is 8.35. The van der Waals surface area contributed by atoms with Gasteiger partial charge in [-0.05, 0) is 32.6 Å². The van der Waals surface area contributed by atoms with Crippen LogP contribution in [0.3, 0.4) is 0 Å². The summed E-state index contributed by atoms with van der Waals surface area (Å²) < 4.78 is 1.80. The van der Waals surface area contributed by atoms with E-state index in [9.17, 15) is 5.11 Å². The molecule has 2 N–H and O–H groups in total. The average Bonchev–Trinajstić information content (AvgIpc) is 2.52. The fraction of sp³-hybridized carbons (Fsp3) is 0.700. The summed E-state index contributed by atoms with van der Waals surface area (Å²) in [6.07, 6.45) is 6.55. The van der Waals surface area contributed by atoms with E-state index in [1.54, 1.807) is 10.9 Å². The molecule has 0 spiro atoms. The van der Waals surface area contributed by atoms with Crippen LogP contribution in [0, 0.1) is 0 Å². The van der Waals surface area contributed by atoms with Crippen LogP contribution in [0.4, 0.5) is 0 Å². The molecule has 0 aromatic carbocycles. The lowest BCUT2D eigenvalue weighted by Gasteiger charge is -2.32. The molecule has 0 unspecified atom stereocenters. The molecule has 1 aliphatic rings. The van der Waals surface area contributed by atoms with Crippen LogP contribution in [0.25, 0.3) is 0 Å². The molecule has 0 bridgehead atoms. The van der Waals surface area contributed by atoms with Gasteiger partial charge in [0, 0.05) is 0 Å². The summed E-state index contributed by atoms with van der Waals surface area (Å²) in [5.41, 5.74) is -0.508. The maximum absolute atomic E-state index is 9.77. The summed E-state index contributed by atoms with van der Waals surface area (Å²) in [6.45, 7) is 1.88. The smallest absolute Gasteiger partial charge is 0.153 e. The molecule has 1 fully saturated rings. The maximum Gasteiger partial charge on any atom is 0.153 e. The van der Waals surface area contributed by atoms with Crippen molar-refractivity contribution in [3.8, 4) is 5.75 Å². The van der Waals surface area contributed by atoms with Crippen LogP contribution in [0.15, 0.2) is 12.4 Å². The van der Waals surface area contributed by atoms with Gasteiger partial charge in [0.2, 0.25) is 0 Å². The number of rotatable bonds is 1. The lowest BCUT2D eigenvalue weighted by atomic mass is 9.84. The standard InChI is InChI=1S/C10H16N2O2/c1-10(14)4-2-8(3-5-10)12-7-9(13)6-11-12/h6-8,13-14H,2-5H2,1H3/t8-,10+. The highest BCUT2D eigenvalue weighted by molar-refractivity contribution is 5.09. The number of hydrogen-bond donors (Lipinski definition) is 2. The van der Waals surface area contributed by atoms with Crippen LogP contribution in [0.2, 0.25) is 0 Å². The summed E-state index contributed by atoms with van der Waals surface area (Å²) in [4.78, 5) is 0. The summed E-state index contributed by atoms with van der Waals surface area (Å²) in [5, 5.41) is 23.0. The van der Waals surface area contributed by atoms with Gasteiger partial charge >= 0.3 is 0 Å². The van der Waals surface area contributed by atoms with Crippen molar-refractivity contribution in [2.24, 2.45) is 0 Å². The van der Waals surface area contributed by atoms with Gasteiger partial charge in [0.1, 0.15) is 0 Å². The highest BCUT2D eigenvalue weighted by Gasteiger charge is 2.29. The Hall–Kier alpha value is -1.03. The van der Waals surface area contributed by atoms with E-state index in [1.165, 1.54) is 6.20 Å². The lowest BCUT2D eigenvalue weighted by molar-refractivity contribution is 0.00850. The van der Waals surface area contributed by atoms with E-state index < -0.39 is 5.60 Å². The Morgan fingerprint density at radius 2 is 2.14 bits per heavy atom. The SMILES string of the molecule is C[C@]1(O)CC[C@@H](n2cc(O)cn2)CC1. The van der Waals surface area contributed by atoms with E-state index in [2.05, 4.69) is 5.10 Å². The molecule has 0 radical (unpaired) electrons. The number of aromatic nitrogens is 2. The molecule has 0 atom stereocenters. The molecule has 0 amide bonds. The molecule has 4 heteroatoms. The first-order valence-electron chi connectivity index (χ1n) is 5.02. The van der Waals surface area contributed by atoms with Crippen molar-refractivity contribution in [3.63, 3.8) is 0 Å². The monoisotopic (exact) mass is 196 g/mol. The highest BCUT2D eigenvalue weighted by atomic mass is 16.3. The van der Waals surface area contributed by atoms with E-state index in [4.69, 9.17) is 5.11 Å². The summed E-state index contributed by atoms with van der Waals surface area (Å²) in [7, 11) is 0. The van der Waals surface area contributed by atoms with Crippen LogP contribution >= 0.6 is 0 Å². The topological polar surface area (TPSA) is 58.3 Å². The van der Waals surface area contributed by atoms with E-state index in [0.29, 0.717) is 6.04 Å². The summed E-state index contributed by atoms with van der Waals surface area (Å²) in [5.74, 6) is 0.210. The second-order valence-electron chi connectivity index (χ2n) is 4.41. The minimum Gasteiger partial charge on any atom is -0.505 e. The second-order valence-corrected chi connectivity index (χ2v) is 4.41. The minimum atomic E-state index is -0.508. The van der Waals surface area contributed by atoms with Crippen molar-refractivity contribution in [2.45, 2.75) is 44.2 Å². The predicted octanol–water partition coefficient (Wildman–Crippen LogP) is 1.45. The normalized spacial score (nSPS) is 33.1. The maximum atomic E-state index is 9.77. The van der Waals surface area contributed by atoms with Crippen molar-refractivity contribution < 1.29 is 10.2 Å². The first-order valence-corrected chi connectivity index (χ1v) is 5.02. The number of aliphatic hydroxyl groups is 1. The average molecular weight is 196 g/mol. The third-order valence-corrected chi connectivity index (χ3v) is 2.99. The van der Waals surface area contributed by atoms with Gasteiger partial charge in [-0.2, -0.15) is 5.10 Å². The van der Waals surface area contributed by atoms with Crippen LogP contribution in [-0.4, -0.2) is 25.6 Å².